The lowest BCUT2D eigenvalue weighted by molar-refractivity contribution is 0.558. The van der Waals surface area contributed by atoms with Gasteiger partial charge in [0.15, 0.2) is 0 Å². The molecular formula is C16H18FN. The van der Waals surface area contributed by atoms with Crippen molar-refractivity contribution in [1.82, 2.24) is 5.32 Å². The van der Waals surface area contributed by atoms with E-state index < -0.39 is 0 Å². The molecule has 2 heteroatoms. The topological polar surface area (TPSA) is 12.0 Å². The van der Waals surface area contributed by atoms with E-state index in [9.17, 15) is 4.39 Å². The van der Waals surface area contributed by atoms with Gasteiger partial charge in [0.1, 0.15) is 5.82 Å². The van der Waals surface area contributed by atoms with Crippen molar-refractivity contribution in [3.63, 3.8) is 0 Å². The summed E-state index contributed by atoms with van der Waals surface area (Å²) < 4.78 is 13.9. The summed E-state index contributed by atoms with van der Waals surface area (Å²) in [5, 5.41) is 3.36. The van der Waals surface area contributed by atoms with Gasteiger partial charge in [-0.2, -0.15) is 0 Å². The van der Waals surface area contributed by atoms with E-state index in [4.69, 9.17) is 0 Å². The number of nitrogens with one attached hydrogen (secondary N) is 1. The van der Waals surface area contributed by atoms with Crippen molar-refractivity contribution in [2.24, 2.45) is 0 Å². The zero-order valence-corrected chi connectivity index (χ0v) is 10.8. The predicted octanol–water partition coefficient (Wildman–Crippen LogP) is 3.83. The van der Waals surface area contributed by atoms with Crippen LogP contribution in [0.25, 0.3) is 0 Å². The molecule has 1 nitrogen and oxygen atoms in total. The molecule has 1 atom stereocenters. The molecule has 0 aliphatic heterocycles. The number of hydrogen-bond donors (Lipinski definition) is 1. The highest BCUT2D eigenvalue weighted by atomic mass is 19.1. The molecule has 1 unspecified atom stereocenters. The molecule has 0 aromatic heterocycles. The van der Waals surface area contributed by atoms with E-state index in [1.165, 1.54) is 11.6 Å². The minimum atomic E-state index is -0.160. The van der Waals surface area contributed by atoms with Gasteiger partial charge in [0, 0.05) is 5.56 Å². The Morgan fingerprint density at radius 1 is 1.00 bits per heavy atom. The molecule has 2 aromatic rings. The van der Waals surface area contributed by atoms with Crippen molar-refractivity contribution in [2.75, 3.05) is 6.54 Å². The summed E-state index contributed by atoms with van der Waals surface area (Å²) in [6.07, 6.45) is 0. The van der Waals surface area contributed by atoms with Crippen molar-refractivity contribution in [2.45, 2.75) is 19.9 Å². The molecule has 18 heavy (non-hydrogen) atoms. The molecule has 0 saturated heterocycles. The average molecular weight is 243 g/mol. The van der Waals surface area contributed by atoms with Crippen LogP contribution in [0.4, 0.5) is 4.39 Å². The van der Waals surface area contributed by atoms with Crippen LogP contribution in [-0.4, -0.2) is 6.54 Å². The van der Waals surface area contributed by atoms with Gasteiger partial charge in [0.2, 0.25) is 0 Å². The summed E-state index contributed by atoms with van der Waals surface area (Å²) in [6.45, 7) is 4.89. The van der Waals surface area contributed by atoms with Crippen LogP contribution in [0.15, 0.2) is 48.5 Å². The van der Waals surface area contributed by atoms with Gasteiger partial charge in [-0.15, -0.1) is 0 Å². The number of aryl methyl sites for hydroxylation is 1. The molecule has 94 valence electrons. The summed E-state index contributed by atoms with van der Waals surface area (Å²) in [7, 11) is 0. The van der Waals surface area contributed by atoms with Crippen molar-refractivity contribution in [3.8, 4) is 0 Å². The summed E-state index contributed by atoms with van der Waals surface area (Å²) in [6, 6.07) is 15.0. The second-order valence-corrected chi connectivity index (χ2v) is 4.37. The van der Waals surface area contributed by atoms with E-state index in [-0.39, 0.29) is 11.9 Å². The van der Waals surface area contributed by atoms with E-state index in [1.807, 2.05) is 31.2 Å². The van der Waals surface area contributed by atoms with Crippen molar-refractivity contribution < 1.29 is 4.39 Å². The van der Waals surface area contributed by atoms with Gasteiger partial charge in [-0.05, 0) is 30.7 Å². The quantitative estimate of drug-likeness (QED) is 0.860. The Morgan fingerprint density at radius 3 is 2.22 bits per heavy atom. The lowest BCUT2D eigenvalue weighted by Gasteiger charge is -2.21. The van der Waals surface area contributed by atoms with Crippen molar-refractivity contribution >= 4 is 0 Å². The Labute approximate surface area is 108 Å². The Kier molecular flexibility index (Phi) is 4.11. The fourth-order valence-corrected chi connectivity index (χ4v) is 2.21. The number of halogens is 1. The van der Waals surface area contributed by atoms with Crippen molar-refractivity contribution in [3.05, 3.63) is 71.0 Å². The van der Waals surface area contributed by atoms with Crippen LogP contribution in [0, 0.1) is 12.7 Å². The largest absolute Gasteiger partial charge is 0.306 e. The summed E-state index contributed by atoms with van der Waals surface area (Å²) in [5.41, 5.74) is 3.00. The Morgan fingerprint density at radius 2 is 1.61 bits per heavy atom. The highest BCUT2D eigenvalue weighted by Crippen LogP contribution is 2.26. The molecule has 2 rings (SSSR count). The molecule has 0 saturated carbocycles. The van der Waals surface area contributed by atoms with Crippen LogP contribution in [0.1, 0.15) is 29.7 Å². The van der Waals surface area contributed by atoms with Crippen LogP contribution in [0.5, 0.6) is 0 Å². The van der Waals surface area contributed by atoms with E-state index >= 15 is 0 Å². The van der Waals surface area contributed by atoms with Gasteiger partial charge < -0.3 is 5.32 Å². The molecule has 0 radical (unpaired) electrons. The van der Waals surface area contributed by atoms with Gasteiger partial charge >= 0.3 is 0 Å². The third kappa shape index (κ3) is 2.59. The zero-order valence-electron chi connectivity index (χ0n) is 10.8. The monoisotopic (exact) mass is 243 g/mol. The highest BCUT2D eigenvalue weighted by molar-refractivity contribution is 5.37. The van der Waals surface area contributed by atoms with Gasteiger partial charge in [-0.25, -0.2) is 4.39 Å². The Balaban J connectivity index is 2.47. The van der Waals surface area contributed by atoms with E-state index in [1.54, 1.807) is 6.07 Å². The van der Waals surface area contributed by atoms with Crippen LogP contribution in [0.3, 0.4) is 0 Å². The first-order valence-electron chi connectivity index (χ1n) is 6.27. The lowest BCUT2D eigenvalue weighted by Crippen LogP contribution is -2.23. The van der Waals surface area contributed by atoms with E-state index in [0.29, 0.717) is 5.56 Å². The first-order chi connectivity index (χ1) is 8.74. The smallest absolute Gasteiger partial charge is 0.128 e. The zero-order chi connectivity index (χ0) is 13.0. The Hall–Kier alpha value is -1.67. The van der Waals surface area contributed by atoms with Crippen molar-refractivity contribution in [1.29, 1.82) is 0 Å². The van der Waals surface area contributed by atoms with E-state index in [0.717, 1.165) is 12.1 Å². The molecule has 0 spiro atoms. The molecular weight excluding hydrogens is 225 g/mol. The van der Waals surface area contributed by atoms with Gasteiger partial charge in [-0.1, -0.05) is 49.4 Å². The average Bonchev–Trinajstić information content (AvgIpc) is 2.38. The fraction of sp³-hybridized carbons (Fsp3) is 0.250. The van der Waals surface area contributed by atoms with Crippen LogP contribution in [-0.2, 0) is 0 Å². The summed E-state index contributed by atoms with van der Waals surface area (Å²) in [5.74, 6) is -0.160. The standard InChI is InChI=1S/C16H18FN/c1-3-18-16(13-9-5-4-8-12(13)2)14-10-6-7-11-15(14)17/h4-11,16,18H,3H2,1-2H3. The van der Waals surface area contributed by atoms with Gasteiger partial charge in [-0.3, -0.25) is 0 Å². The molecule has 0 aliphatic carbocycles. The minimum absolute atomic E-state index is 0.0857. The first kappa shape index (κ1) is 12.8. The second kappa shape index (κ2) is 5.78. The predicted molar refractivity (Wildman–Crippen MR) is 73.1 cm³/mol. The maximum absolute atomic E-state index is 13.9. The van der Waals surface area contributed by atoms with Gasteiger partial charge in [0.05, 0.1) is 6.04 Å². The van der Waals surface area contributed by atoms with Crippen LogP contribution >= 0.6 is 0 Å². The molecule has 1 N–H and O–H groups in total. The third-order valence-electron chi connectivity index (χ3n) is 3.12. The number of benzene rings is 2. The maximum atomic E-state index is 13.9. The SMILES string of the molecule is CCNC(c1ccccc1C)c1ccccc1F. The molecule has 0 heterocycles. The Bertz CT molecular complexity index is 477. The third-order valence-corrected chi connectivity index (χ3v) is 3.12. The normalized spacial score (nSPS) is 12.4. The van der Waals surface area contributed by atoms with Crippen LogP contribution < -0.4 is 5.32 Å². The molecule has 0 fully saturated rings. The molecule has 2 aromatic carbocycles. The molecule has 0 amide bonds. The molecule has 0 aliphatic rings. The highest BCUT2D eigenvalue weighted by Gasteiger charge is 2.17. The van der Waals surface area contributed by atoms with E-state index in [2.05, 4.69) is 24.4 Å². The summed E-state index contributed by atoms with van der Waals surface area (Å²) >= 11 is 0. The van der Waals surface area contributed by atoms with Crippen LogP contribution in [0.2, 0.25) is 0 Å². The molecule has 0 bridgehead atoms. The fourth-order valence-electron chi connectivity index (χ4n) is 2.21. The van der Waals surface area contributed by atoms with Gasteiger partial charge in [0.25, 0.3) is 0 Å². The minimum Gasteiger partial charge on any atom is -0.306 e. The number of hydrogen-bond acceptors (Lipinski definition) is 1. The number of rotatable bonds is 4. The first-order valence-corrected chi connectivity index (χ1v) is 6.27. The maximum Gasteiger partial charge on any atom is 0.128 e. The lowest BCUT2D eigenvalue weighted by atomic mass is 9.94. The second-order valence-electron chi connectivity index (χ2n) is 4.37. The summed E-state index contributed by atoms with van der Waals surface area (Å²) in [4.78, 5) is 0.